The monoisotopic (exact) mass is 418 g/mol. The molecule has 0 saturated heterocycles. The zero-order valence-electron chi connectivity index (χ0n) is 15.2. The van der Waals surface area contributed by atoms with Gasteiger partial charge in [-0.15, -0.1) is 3.71 Å². The first kappa shape index (κ1) is 19.8. The van der Waals surface area contributed by atoms with E-state index >= 15 is 0 Å². The van der Waals surface area contributed by atoms with Crippen LogP contribution in [0.15, 0.2) is 82.6 Å². The van der Waals surface area contributed by atoms with Crippen LogP contribution in [-0.4, -0.2) is 27.2 Å². The van der Waals surface area contributed by atoms with Crippen molar-refractivity contribution in [3.8, 4) is 0 Å². The number of Topliss-reactive ketones (excluding diaryl/α,β-unsaturated/α-hetero) is 1. The molecule has 0 aliphatic rings. The number of hydrogen-bond donors (Lipinski definition) is 0. The summed E-state index contributed by atoms with van der Waals surface area (Å²) in [6.45, 7) is 1.32. The van der Waals surface area contributed by atoms with Gasteiger partial charge in [0.05, 0.1) is 15.5 Å². The lowest BCUT2D eigenvalue weighted by molar-refractivity contribution is 0.101. The molecule has 0 amide bonds. The molecule has 9 heteroatoms. The molecule has 0 aliphatic heterocycles. The SMILES string of the molecule is CC(=O)c1ccc(N(S(=O)(=O)c2ccccc2)S(=O)(=O)c2ccccc2)n1C. The van der Waals surface area contributed by atoms with E-state index in [2.05, 4.69) is 0 Å². The number of carbonyl (C=O) groups is 1. The van der Waals surface area contributed by atoms with Crippen LogP contribution in [0.1, 0.15) is 17.4 Å². The molecule has 0 N–H and O–H groups in total. The van der Waals surface area contributed by atoms with Gasteiger partial charge in [0.2, 0.25) is 0 Å². The topological polar surface area (TPSA) is 93.5 Å². The fraction of sp³-hybridized carbons (Fsp3) is 0.105. The predicted octanol–water partition coefficient (Wildman–Crippen LogP) is 2.81. The number of benzene rings is 2. The number of carbonyl (C=O) groups excluding carboxylic acids is 1. The van der Waals surface area contributed by atoms with Crippen molar-refractivity contribution in [3.05, 3.63) is 78.5 Å². The van der Waals surface area contributed by atoms with Crippen molar-refractivity contribution in [1.82, 2.24) is 4.57 Å². The lowest BCUT2D eigenvalue weighted by Crippen LogP contribution is -2.38. The van der Waals surface area contributed by atoms with Crippen LogP contribution in [0.3, 0.4) is 0 Å². The first-order valence-corrected chi connectivity index (χ1v) is 11.1. The summed E-state index contributed by atoms with van der Waals surface area (Å²) in [5.41, 5.74) is 0.187. The van der Waals surface area contributed by atoms with E-state index in [4.69, 9.17) is 0 Å². The maximum Gasteiger partial charge on any atom is 0.278 e. The van der Waals surface area contributed by atoms with Crippen molar-refractivity contribution < 1.29 is 21.6 Å². The third-order valence-electron chi connectivity index (χ3n) is 4.16. The lowest BCUT2D eigenvalue weighted by Gasteiger charge is -2.24. The third kappa shape index (κ3) is 3.34. The lowest BCUT2D eigenvalue weighted by atomic mass is 10.3. The zero-order chi connectivity index (χ0) is 20.5. The van der Waals surface area contributed by atoms with Gasteiger partial charge in [0.15, 0.2) is 5.78 Å². The predicted molar refractivity (Wildman–Crippen MR) is 105 cm³/mol. The van der Waals surface area contributed by atoms with Crippen LogP contribution >= 0.6 is 0 Å². The normalized spacial score (nSPS) is 11.9. The average molecular weight is 418 g/mol. The quantitative estimate of drug-likeness (QED) is 0.574. The van der Waals surface area contributed by atoms with E-state index in [1.807, 2.05) is 0 Å². The van der Waals surface area contributed by atoms with Gasteiger partial charge >= 0.3 is 0 Å². The Morgan fingerprint density at radius 1 is 0.750 bits per heavy atom. The summed E-state index contributed by atoms with van der Waals surface area (Å²) < 4.78 is 55.0. The number of rotatable bonds is 6. The van der Waals surface area contributed by atoms with E-state index < -0.39 is 20.0 Å². The number of hydrogen-bond acceptors (Lipinski definition) is 5. The van der Waals surface area contributed by atoms with E-state index in [9.17, 15) is 21.6 Å². The van der Waals surface area contributed by atoms with Crippen molar-refractivity contribution in [2.24, 2.45) is 7.05 Å². The molecule has 7 nitrogen and oxygen atoms in total. The fourth-order valence-electron chi connectivity index (χ4n) is 2.79. The maximum atomic E-state index is 13.3. The smallest absolute Gasteiger partial charge is 0.278 e. The summed E-state index contributed by atoms with van der Waals surface area (Å²) in [6, 6.07) is 17.3. The Morgan fingerprint density at radius 3 is 1.54 bits per heavy atom. The molecule has 0 unspecified atom stereocenters. The van der Waals surface area contributed by atoms with E-state index in [1.54, 1.807) is 12.1 Å². The van der Waals surface area contributed by atoms with Crippen LogP contribution in [-0.2, 0) is 27.1 Å². The van der Waals surface area contributed by atoms with Crippen LogP contribution in [0.25, 0.3) is 0 Å². The minimum Gasteiger partial charge on any atom is -0.326 e. The van der Waals surface area contributed by atoms with Crippen LogP contribution in [0.5, 0.6) is 0 Å². The first-order chi connectivity index (χ1) is 13.2. The minimum atomic E-state index is -4.48. The Bertz CT molecular complexity index is 1150. The van der Waals surface area contributed by atoms with Crippen molar-refractivity contribution in [1.29, 1.82) is 0 Å². The summed E-state index contributed by atoms with van der Waals surface area (Å²) >= 11 is 0. The van der Waals surface area contributed by atoms with Gasteiger partial charge in [-0.1, -0.05) is 36.4 Å². The van der Waals surface area contributed by atoms with Gasteiger partial charge in [-0.2, -0.15) is 16.8 Å². The molecular formula is C19H18N2O5S2. The minimum absolute atomic E-state index is 0.155. The molecule has 0 saturated carbocycles. The molecule has 3 rings (SSSR count). The molecule has 1 aromatic heterocycles. The van der Waals surface area contributed by atoms with Gasteiger partial charge < -0.3 is 4.57 Å². The molecule has 2 aromatic carbocycles. The van der Waals surface area contributed by atoms with Crippen LogP contribution in [0, 0.1) is 0 Å². The highest BCUT2D eigenvalue weighted by Crippen LogP contribution is 2.31. The Balaban J connectivity index is 2.32. The van der Waals surface area contributed by atoms with Gasteiger partial charge in [0, 0.05) is 14.0 Å². The summed E-state index contributed by atoms with van der Waals surface area (Å²) in [5.74, 6) is -0.471. The van der Waals surface area contributed by atoms with Crippen LogP contribution in [0.4, 0.5) is 5.82 Å². The second kappa shape index (κ2) is 7.25. The number of aromatic nitrogens is 1. The molecule has 0 spiro atoms. The molecule has 146 valence electrons. The molecule has 0 atom stereocenters. The number of sulfonamides is 2. The zero-order valence-corrected chi connectivity index (χ0v) is 16.8. The highest BCUT2D eigenvalue weighted by Gasteiger charge is 2.38. The standard InChI is InChI=1S/C19H18N2O5S2/c1-15(22)18-13-14-19(20(18)2)21(27(23,24)16-9-5-3-6-10-16)28(25,26)17-11-7-4-8-12-17/h3-14H,1-2H3. The molecule has 0 fully saturated rings. The summed E-state index contributed by atoms with van der Waals surface area (Å²) in [5, 5.41) is 0. The Morgan fingerprint density at radius 2 is 1.18 bits per heavy atom. The van der Waals surface area contributed by atoms with Crippen molar-refractivity contribution in [2.45, 2.75) is 16.7 Å². The molecule has 28 heavy (non-hydrogen) atoms. The van der Waals surface area contributed by atoms with Gasteiger partial charge in [-0.05, 0) is 36.4 Å². The Hall–Kier alpha value is -2.91. The molecule has 3 aromatic rings. The largest absolute Gasteiger partial charge is 0.326 e. The second-order valence-electron chi connectivity index (χ2n) is 6.03. The highest BCUT2D eigenvalue weighted by atomic mass is 32.3. The summed E-state index contributed by atoms with van der Waals surface area (Å²) in [4.78, 5) is 11.4. The van der Waals surface area contributed by atoms with Gasteiger partial charge in [-0.3, -0.25) is 4.79 Å². The molecule has 1 heterocycles. The van der Waals surface area contributed by atoms with E-state index in [1.165, 1.54) is 79.2 Å². The van der Waals surface area contributed by atoms with Gasteiger partial charge in [-0.25, -0.2) is 0 Å². The summed E-state index contributed by atoms with van der Waals surface area (Å²) in [7, 11) is -7.52. The highest BCUT2D eigenvalue weighted by molar-refractivity contribution is 8.10. The third-order valence-corrected chi connectivity index (χ3v) is 8.32. The number of ketones is 1. The molecule has 0 radical (unpaired) electrons. The van der Waals surface area contributed by atoms with Gasteiger partial charge in [0.1, 0.15) is 5.82 Å². The number of anilines is 1. The van der Waals surface area contributed by atoms with Crippen molar-refractivity contribution >= 4 is 31.6 Å². The van der Waals surface area contributed by atoms with Crippen LogP contribution < -0.4 is 3.71 Å². The van der Waals surface area contributed by atoms with E-state index in [0.717, 1.165) is 0 Å². The molecular weight excluding hydrogens is 400 g/mol. The van der Waals surface area contributed by atoms with Crippen LogP contribution in [0.2, 0.25) is 0 Å². The second-order valence-corrected chi connectivity index (χ2v) is 9.83. The van der Waals surface area contributed by atoms with Crippen molar-refractivity contribution in [2.75, 3.05) is 3.71 Å². The van der Waals surface area contributed by atoms with Crippen molar-refractivity contribution in [3.63, 3.8) is 0 Å². The van der Waals surface area contributed by atoms with E-state index in [-0.39, 0.29) is 27.1 Å². The molecule has 0 aliphatic carbocycles. The Kier molecular flexibility index (Phi) is 5.14. The van der Waals surface area contributed by atoms with Gasteiger partial charge in [0.25, 0.3) is 20.0 Å². The number of nitrogens with zero attached hydrogens (tertiary/aromatic N) is 2. The molecule has 0 bridgehead atoms. The van der Waals surface area contributed by atoms with E-state index in [0.29, 0.717) is 3.71 Å². The summed E-state index contributed by atoms with van der Waals surface area (Å²) in [6.07, 6.45) is 0. The maximum absolute atomic E-state index is 13.3. The average Bonchev–Trinajstić information content (AvgIpc) is 3.04. The Labute approximate surface area is 164 Å². The first-order valence-electron chi connectivity index (χ1n) is 8.24. The fourth-order valence-corrected chi connectivity index (χ4v) is 6.58.